The van der Waals surface area contributed by atoms with Crippen LogP contribution in [0.5, 0.6) is 0 Å². The summed E-state index contributed by atoms with van der Waals surface area (Å²) in [6.45, 7) is 5.24. The third kappa shape index (κ3) is 1.70. The van der Waals surface area contributed by atoms with Crippen molar-refractivity contribution in [2.24, 2.45) is 5.73 Å². The molecular formula is C8H12N2OS. The zero-order chi connectivity index (χ0) is 9.30. The number of thiazole rings is 1. The van der Waals surface area contributed by atoms with Crippen LogP contribution in [0.4, 0.5) is 0 Å². The highest BCUT2D eigenvalue weighted by Gasteiger charge is 2.12. The first kappa shape index (κ1) is 9.35. The third-order valence-corrected chi connectivity index (χ3v) is 2.98. The van der Waals surface area contributed by atoms with Crippen LogP contribution in [0.2, 0.25) is 0 Å². The van der Waals surface area contributed by atoms with Crippen LogP contribution in [0, 0.1) is 6.92 Å². The summed E-state index contributed by atoms with van der Waals surface area (Å²) in [5, 5.41) is 0.831. The lowest BCUT2D eigenvalue weighted by Gasteiger charge is -1.95. The van der Waals surface area contributed by atoms with E-state index >= 15 is 0 Å². The summed E-state index contributed by atoms with van der Waals surface area (Å²) in [6.07, 6.45) is 0. The molecule has 0 saturated carbocycles. The molecule has 0 saturated heterocycles. The molecule has 12 heavy (non-hydrogen) atoms. The molecule has 1 atom stereocenters. The van der Waals surface area contributed by atoms with E-state index in [4.69, 9.17) is 5.73 Å². The molecule has 0 unspecified atom stereocenters. The monoisotopic (exact) mass is 184 g/mol. The zero-order valence-corrected chi connectivity index (χ0v) is 8.23. The number of Topliss-reactive ketones (excluding diaryl/α,β-unsaturated/α-hetero) is 1. The van der Waals surface area contributed by atoms with Crippen LogP contribution >= 0.6 is 11.3 Å². The van der Waals surface area contributed by atoms with E-state index in [0.717, 1.165) is 15.6 Å². The van der Waals surface area contributed by atoms with Crippen LogP contribution in [0.1, 0.15) is 40.3 Å². The van der Waals surface area contributed by atoms with Crippen molar-refractivity contribution in [3.8, 4) is 0 Å². The fraction of sp³-hybridized carbons (Fsp3) is 0.500. The molecular weight excluding hydrogens is 172 g/mol. The number of nitrogens with zero attached hydrogens (tertiary/aromatic N) is 1. The maximum absolute atomic E-state index is 11.0. The molecule has 0 radical (unpaired) electrons. The molecule has 0 amide bonds. The van der Waals surface area contributed by atoms with Gasteiger partial charge in [0.15, 0.2) is 5.78 Å². The molecule has 1 aromatic rings. The highest BCUT2D eigenvalue weighted by atomic mass is 32.1. The van der Waals surface area contributed by atoms with Crippen LogP contribution < -0.4 is 5.73 Å². The summed E-state index contributed by atoms with van der Waals surface area (Å²) in [4.78, 5) is 16.0. The van der Waals surface area contributed by atoms with Gasteiger partial charge in [0.25, 0.3) is 0 Å². The first-order valence-corrected chi connectivity index (χ1v) is 4.58. The maximum Gasteiger partial charge on any atom is 0.171 e. The van der Waals surface area contributed by atoms with E-state index in [-0.39, 0.29) is 11.8 Å². The molecule has 0 spiro atoms. The number of ketones is 1. The average Bonchev–Trinajstić information content (AvgIpc) is 2.30. The van der Waals surface area contributed by atoms with Gasteiger partial charge in [-0.1, -0.05) is 0 Å². The Morgan fingerprint density at radius 2 is 2.25 bits per heavy atom. The minimum Gasteiger partial charge on any atom is -0.322 e. The summed E-state index contributed by atoms with van der Waals surface area (Å²) in [7, 11) is 0. The second kappa shape index (κ2) is 3.33. The van der Waals surface area contributed by atoms with Gasteiger partial charge >= 0.3 is 0 Å². The number of hydrogen-bond donors (Lipinski definition) is 1. The average molecular weight is 184 g/mol. The van der Waals surface area contributed by atoms with Crippen molar-refractivity contribution in [2.75, 3.05) is 0 Å². The van der Waals surface area contributed by atoms with Gasteiger partial charge in [0.2, 0.25) is 0 Å². The Morgan fingerprint density at radius 3 is 2.50 bits per heavy atom. The predicted octanol–water partition coefficient (Wildman–Crippen LogP) is 1.67. The van der Waals surface area contributed by atoms with Gasteiger partial charge < -0.3 is 5.73 Å². The second-order valence-corrected chi connectivity index (χ2v) is 3.84. The lowest BCUT2D eigenvalue weighted by Crippen LogP contribution is -2.03. The van der Waals surface area contributed by atoms with Crippen LogP contribution in [-0.2, 0) is 0 Å². The van der Waals surface area contributed by atoms with Gasteiger partial charge in [-0.05, 0) is 13.8 Å². The highest BCUT2D eigenvalue weighted by molar-refractivity contribution is 7.13. The van der Waals surface area contributed by atoms with Crippen molar-refractivity contribution in [1.82, 2.24) is 4.98 Å². The van der Waals surface area contributed by atoms with Crippen LogP contribution in [0.25, 0.3) is 0 Å². The second-order valence-electron chi connectivity index (χ2n) is 2.81. The lowest BCUT2D eigenvalue weighted by atomic mass is 10.3. The van der Waals surface area contributed by atoms with E-state index in [2.05, 4.69) is 4.98 Å². The Balaban J connectivity index is 3.09. The van der Waals surface area contributed by atoms with Crippen LogP contribution in [-0.4, -0.2) is 10.8 Å². The Morgan fingerprint density at radius 1 is 1.67 bits per heavy atom. The smallest absolute Gasteiger partial charge is 0.171 e. The predicted molar refractivity (Wildman–Crippen MR) is 49.5 cm³/mol. The Labute approximate surface area is 75.6 Å². The molecule has 0 aromatic carbocycles. The maximum atomic E-state index is 11.0. The Bertz CT molecular complexity index is 304. The van der Waals surface area contributed by atoms with Gasteiger partial charge in [0.1, 0.15) is 5.01 Å². The lowest BCUT2D eigenvalue weighted by molar-refractivity contribution is 0.102. The molecule has 0 aliphatic heterocycles. The van der Waals surface area contributed by atoms with Crippen molar-refractivity contribution < 1.29 is 4.79 Å². The topological polar surface area (TPSA) is 56.0 Å². The van der Waals surface area contributed by atoms with Crippen molar-refractivity contribution >= 4 is 17.1 Å². The SMILES string of the molecule is CC(=O)c1sc([C@H](C)N)nc1C. The molecule has 4 heteroatoms. The van der Waals surface area contributed by atoms with Gasteiger partial charge in [-0.3, -0.25) is 4.79 Å². The number of hydrogen-bond acceptors (Lipinski definition) is 4. The van der Waals surface area contributed by atoms with E-state index in [0.29, 0.717) is 0 Å². The van der Waals surface area contributed by atoms with Crippen LogP contribution in [0.15, 0.2) is 0 Å². The Kier molecular flexibility index (Phi) is 2.59. The van der Waals surface area contributed by atoms with Crippen molar-refractivity contribution in [2.45, 2.75) is 26.8 Å². The van der Waals surface area contributed by atoms with Crippen LogP contribution in [0.3, 0.4) is 0 Å². The molecule has 66 valence electrons. The number of carbonyl (C=O) groups is 1. The minimum absolute atomic E-state index is 0.0666. The summed E-state index contributed by atoms with van der Waals surface area (Å²) in [5.41, 5.74) is 6.42. The zero-order valence-electron chi connectivity index (χ0n) is 7.42. The summed E-state index contributed by atoms with van der Waals surface area (Å²) >= 11 is 1.39. The summed E-state index contributed by atoms with van der Waals surface area (Å²) in [5.74, 6) is 0.0666. The number of carbonyl (C=O) groups excluding carboxylic acids is 1. The minimum atomic E-state index is -0.0817. The number of aryl methyl sites for hydroxylation is 1. The highest BCUT2D eigenvalue weighted by Crippen LogP contribution is 2.22. The molecule has 1 rings (SSSR count). The van der Waals surface area contributed by atoms with Crippen molar-refractivity contribution in [3.05, 3.63) is 15.6 Å². The molecule has 0 aliphatic carbocycles. The van der Waals surface area contributed by atoms with E-state index in [1.54, 1.807) is 6.92 Å². The van der Waals surface area contributed by atoms with Gasteiger partial charge in [-0.2, -0.15) is 0 Å². The van der Waals surface area contributed by atoms with Gasteiger partial charge in [-0.15, -0.1) is 11.3 Å². The van der Waals surface area contributed by atoms with Gasteiger partial charge in [0, 0.05) is 6.92 Å². The first-order chi connectivity index (χ1) is 5.52. The normalized spacial score (nSPS) is 13.0. The van der Waals surface area contributed by atoms with Gasteiger partial charge in [-0.25, -0.2) is 4.98 Å². The molecule has 1 aromatic heterocycles. The van der Waals surface area contributed by atoms with E-state index in [1.165, 1.54) is 11.3 Å². The fourth-order valence-corrected chi connectivity index (χ4v) is 1.85. The first-order valence-electron chi connectivity index (χ1n) is 3.76. The fourth-order valence-electron chi connectivity index (χ4n) is 0.939. The number of nitrogens with two attached hydrogens (primary N) is 1. The van der Waals surface area contributed by atoms with E-state index in [9.17, 15) is 4.79 Å². The number of rotatable bonds is 2. The van der Waals surface area contributed by atoms with E-state index < -0.39 is 0 Å². The van der Waals surface area contributed by atoms with Crippen molar-refractivity contribution in [3.63, 3.8) is 0 Å². The molecule has 2 N–H and O–H groups in total. The van der Waals surface area contributed by atoms with Gasteiger partial charge in [0.05, 0.1) is 16.6 Å². The molecule has 0 bridgehead atoms. The standard InChI is InChI=1S/C8H12N2OS/c1-4(9)8-10-5(2)7(12-8)6(3)11/h4H,9H2,1-3H3/t4-/m0/s1. The molecule has 0 fully saturated rings. The quantitative estimate of drug-likeness (QED) is 0.711. The molecule has 0 aliphatic rings. The summed E-state index contributed by atoms with van der Waals surface area (Å²) < 4.78 is 0. The Hall–Kier alpha value is -0.740. The third-order valence-electron chi connectivity index (χ3n) is 1.52. The van der Waals surface area contributed by atoms with E-state index in [1.807, 2.05) is 13.8 Å². The van der Waals surface area contributed by atoms with Crippen molar-refractivity contribution in [1.29, 1.82) is 0 Å². The molecule has 3 nitrogen and oxygen atoms in total. The molecule has 1 heterocycles. The largest absolute Gasteiger partial charge is 0.322 e. The summed E-state index contributed by atoms with van der Waals surface area (Å²) in [6, 6.07) is -0.0817. The number of aromatic nitrogens is 1.